The zero-order chi connectivity index (χ0) is 22.7. The first kappa shape index (κ1) is 22.2. The van der Waals surface area contributed by atoms with Crippen molar-refractivity contribution in [3.63, 3.8) is 0 Å². The largest absolute Gasteiger partial charge is 0.490 e. The summed E-state index contributed by atoms with van der Waals surface area (Å²) in [6.45, 7) is 1.98. The minimum atomic E-state index is -0.736. The van der Waals surface area contributed by atoms with E-state index in [1.54, 1.807) is 11.9 Å². The number of aromatic nitrogens is 1. The lowest BCUT2D eigenvalue weighted by molar-refractivity contribution is -0.143. The third kappa shape index (κ3) is 4.92. The van der Waals surface area contributed by atoms with E-state index in [4.69, 9.17) is 9.47 Å². The van der Waals surface area contributed by atoms with Gasteiger partial charge in [0.2, 0.25) is 0 Å². The minimum absolute atomic E-state index is 0.0191. The zero-order valence-electron chi connectivity index (χ0n) is 18.8. The summed E-state index contributed by atoms with van der Waals surface area (Å²) in [6, 6.07) is 9.68. The van der Waals surface area contributed by atoms with E-state index in [2.05, 4.69) is 0 Å². The van der Waals surface area contributed by atoms with E-state index in [1.807, 2.05) is 48.0 Å². The van der Waals surface area contributed by atoms with Gasteiger partial charge < -0.3 is 19.1 Å². The third-order valence-electron chi connectivity index (χ3n) is 6.61. The second-order valence-corrected chi connectivity index (χ2v) is 8.98. The fourth-order valence-corrected chi connectivity index (χ4v) is 4.82. The Kier molecular flexibility index (Phi) is 6.72. The normalized spacial score (nSPS) is 21.3. The van der Waals surface area contributed by atoms with Crippen LogP contribution in [-0.4, -0.2) is 41.0 Å². The molecule has 172 valence electrons. The molecule has 0 unspecified atom stereocenters. The molecule has 7 nitrogen and oxygen atoms in total. The number of nitrogens with zero attached hydrogens (tertiary/aromatic N) is 2. The van der Waals surface area contributed by atoms with Gasteiger partial charge >= 0.3 is 12.1 Å². The molecule has 0 spiro atoms. The lowest BCUT2D eigenvalue weighted by Gasteiger charge is -2.27. The van der Waals surface area contributed by atoms with Crippen molar-refractivity contribution in [2.24, 2.45) is 5.92 Å². The molecule has 2 saturated carbocycles. The van der Waals surface area contributed by atoms with Crippen molar-refractivity contribution in [3.8, 4) is 11.4 Å². The number of ether oxygens (including phenoxy) is 2. The second-order valence-electron chi connectivity index (χ2n) is 8.98. The molecule has 2 atom stereocenters. The number of benzene rings is 1. The predicted molar refractivity (Wildman–Crippen MR) is 122 cm³/mol. The van der Waals surface area contributed by atoms with E-state index in [1.165, 1.54) is 0 Å². The molecule has 1 aromatic heterocycles. The molecular formula is C25H32N2O5. The highest BCUT2D eigenvalue weighted by Gasteiger charge is 2.28. The first-order valence-electron chi connectivity index (χ1n) is 11.5. The summed E-state index contributed by atoms with van der Waals surface area (Å²) in [6.07, 6.45) is 8.68. The molecule has 2 aliphatic rings. The summed E-state index contributed by atoms with van der Waals surface area (Å²) in [4.78, 5) is 25.6. The smallest absolute Gasteiger partial charge is 0.415 e. The summed E-state index contributed by atoms with van der Waals surface area (Å²) in [5.41, 5.74) is 1.89. The quantitative estimate of drug-likeness (QED) is 0.657. The molecule has 2 fully saturated rings. The van der Waals surface area contributed by atoms with Crippen LogP contribution in [0.2, 0.25) is 0 Å². The Labute approximate surface area is 188 Å². The van der Waals surface area contributed by atoms with E-state index in [-0.39, 0.29) is 24.2 Å². The van der Waals surface area contributed by atoms with E-state index in [0.29, 0.717) is 6.42 Å². The lowest BCUT2D eigenvalue weighted by atomic mass is 9.87. The molecule has 0 radical (unpaired) electrons. The number of amides is 1. The maximum absolute atomic E-state index is 12.7. The van der Waals surface area contributed by atoms with Gasteiger partial charge in [-0.05, 0) is 94.2 Å². The van der Waals surface area contributed by atoms with Crippen LogP contribution in [0.15, 0.2) is 36.5 Å². The molecule has 32 heavy (non-hydrogen) atoms. The van der Waals surface area contributed by atoms with E-state index >= 15 is 0 Å². The van der Waals surface area contributed by atoms with Gasteiger partial charge in [0.15, 0.2) is 0 Å². The van der Waals surface area contributed by atoms with Crippen LogP contribution < -0.4 is 9.64 Å². The Bertz CT molecular complexity index is 946. The Morgan fingerprint density at radius 2 is 1.69 bits per heavy atom. The van der Waals surface area contributed by atoms with Crippen molar-refractivity contribution in [2.75, 3.05) is 11.9 Å². The van der Waals surface area contributed by atoms with Crippen LogP contribution in [0.1, 0.15) is 56.9 Å². The van der Waals surface area contributed by atoms with Crippen LogP contribution >= 0.6 is 0 Å². The van der Waals surface area contributed by atoms with Gasteiger partial charge in [-0.25, -0.2) is 4.79 Å². The molecule has 4 rings (SSSR count). The number of aryl methyl sites for hydroxylation is 1. The number of rotatable bonds is 6. The Hall–Kier alpha value is -2.96. The monoisotopic (exact) mass is 440 g/mol. The van der Waals surface area contributed by atoms with Crippen LogP contribution in [0.25, 0.3) is 5.69 Å². The number of carbonyl (C=O) groups is 2. The van der Waals surface area contributed by atoms with E-state index in [9.17, 15) is 14.7 Å². The van der Waals surface area contributed by atoms with Gasteiger partial charge in [0.25, 0.3) is 0 Å². The summed E-state index contributed by atoms with van der Waals surface area (Å²) >= 11 is 0. The second kappa shape index (κ2) is 9.67. The number of carboxylic acid groups (broad SMARTS) is 1. The van der Waals surface area contributed by atoms with Crippen molar-refractivity contribution in [2.45, 2.75) is 70.5 Å². The van der Waals surface area contributed by atoms with Gasteiger partial charge in [0.1, 0.15) is 17.7 Å². The highest BCUT2D eigenvalue weighted by Crippen LogP contribution is 2.30. The van der Waals surface area contributed by atoms with Gasteiger partial charge in [-0.15, -0.1) is 0 Å². The fraction of sp³-hybridized carbons (Fsp3) is 0.520. The molecule has 1 amide bonds. The first-order chi connectivity index (χ1) is 15.4. The molecule has 0 aliphatic heterocycles. The third-order valence-corrected chi connectivity index (χ3v) is 6.61. The average Bonchev–Trinajstić information content (AvgIpc) is 3.43. The van der Waals surface area contributed by atoms with Crippen molar-refractivity contribution in [1.29, 1.82) is 0 Å². The van der Waals surface area contributed by atoms with Gasteiger partial charge in [-0.1, -0.05) is 0 Å². The fourth-order valence-electron chi connectivity index (χ4n) is 4.82. The van der Waals surface area contributed by atoms with Gasteiger partial charge in [0, 0.05) is 18.9 Å². The molecule has 1 heterocycles. The number of carboxylic acids is 1. The van der Waals surface area contributed by atoms with Gasteiger partial charge in [-0.2, -0.15) is 0 Å². The molecule has 2 aromatic rings. The molecule has 0 bridgehead atoms. The van der Waals surface area contributed by atoms with Crippen LogP contribution in [0, 0.1) is 12.8 Å². The Morgan fingerprint density at radius 1 is 1.00 bits per heavy atom. The first-order valence-corrected chi connectivity index (χ1v) is 11.5. The summed E-state index contributed by atoms with van der Waals surface area (Å²) in [7, 11) is 1.75. The highest BCUT2D eigenvalue weighted by molar-refractivity contribution is 5.87. The lowest BCUT2D eigenvalue weighted by Crippen LogP contribution is -2.32. The molecule has 7 heteroatoms. The number of carbonyl (C=O) groups excluding carboxylic acids is 1. The zero-order valence-corrected chi connectivity index (χ0v) is 18.8. The predicted octanol–water partition coefficient (Wildman–Crippen LogP) is 5.32. The molecular weight excluding hydrogens is 408 g/mol. The number of anilines is 1. The van der Waals surface area contributed by atoms with Crippen molar-refractivity contribution in [3.05, 3.63) is 42.1 Å². The topological polar surface area (TPSA) is 81.0 Å². The molecule has 2 aliphatic carbocycles. The van der Waals surface area contributed by atoms with Crippen LogP contribution in [0.3, 0.4) is 0 Å². The maximum atomic E-state index is 12.7. The van der Waals surface area contributed by atoms with E-state index < -0.39 is 5.97 Å². The Morgan fingerprint density at radius 3 is 2.38 bits per heavy atom. The number of hydrogen-bond acceptors (Lipinski definition) is 4. The standard InChI is InChI=1S/C25H32N2O5/c1-17-14-15-27(23(17)26(2)25(30)32-20-7-3-4-8-20)19-10-12-21(13-11-19)31-22-9-5-6-18(16-22)24(28)29/h10-15,18,20,22H,3-9,16H2,1-2H3,(H,28,29)/t18-,22-/m0/s1. The van der Waals surface area contributed by atoms with Crippen LogP contribution in [-0.2, 0) is 9.53 Å². The molecule has 1 aromatic carbocycles. The molecule has 1 N–H and O–H groups in total. The van der Waals surface area contributed by atoms with Crippen molar-refractivity contribution < 1.29 is 24.2 Å². The summed E-state index contributed by atoms with van der Waals surface area (Å²) in [5.74, 6) is 0.445. The Balaban J connectivity index is 1.45. The molecule has 0 saturated heterocycles. The average molecular weight is 441 g/mol. The van der Waals surface area contributed by atoms with Gasteiger partial charge in [0.05, 0.1) is 12.0 Å². The van der Waals surface area contributed by atoms with Crippen LogP contribution in [0.5, 0.6) is 5.75 Å². The van der Waals surface area contributed by atoms with Crippen molar-refractivity contribution >= 4 is 17.9 Å². The summed E-state index contributed by atoms with van der Waals surface area (Å²) < 4.78 is 13.7. The SMILES string of the molecule is Cc1ccn(-c2ccc(O[C@H]3CCC[C@H](C(=O)O)C3)cc2)c1N(C)C(=O)OC1CCCC1. The van der Waals surface area contributed by atoms with Crippen LogP contribution in [0.4, 0.5) is 10.6 Å². The summed E-state index contributed by atoms with van der Waals surface area (Å²) in [5, 5.41) is 9.28. The van der Waals surface area contributed by atoms with E-state index in [0.717, 1.165) is 67.8 Å². The van der Waals surface area contributed by atoms with Gasteiger partial charge in [-0.3, -0.25) is 9.69 Å². The minimum Gasteiger partial charge on any atom is -0.490 e. The maximum Gasteiger partial charge on any atom is 0.415 e. The number of hydrogen-bond donors (Lipinski definition) is 1. The van der Waals surface area contributed by atoms with Crippen molar-refractivity contribution in [1.82, 2.24) is 4.57 Å². The number of aliphatic carboxylic acids is 1. The highest BCUT2D eigenvalue weighted by atomic mass is 16.6.